The molecule has 0 aliphatic heterocycles. The van der Waals surface area contributed by atoms with Gasteiger partial charge in [-0.3, -0.25) is 0 Å². The number of rotatable bonds is 2. The van der Waals surface area contributed by atoms with Gasteiger partial charge in [-0.15, -0.1) is 13.2 Å². The summed E-state index contributed by atoms with van der Waals surface area (Å²) in [6.07, 6.45) is -4.74. The first-order valence-corrected chi connectivity index (χ1v) is 7.58. The average Bonchev–Trinajstić information content (AvgIpc) is 2.97. The van der Waals surface area contributed by atoms with Gasteiger partial charge in [-0.2, -0.15) is 0 Å². The Hall–Kier alpha value is -2.80. The van der Waals surface area contributed by atoms with Crippen LogP contribution in [0.15, 0.2) is 48.5 Å². The highest BCUT2D eigenvalue weighted by Crippen LogP contribution is 2.28. The summed E-state index contributed by atoms with van der Waals surface area (Å²) in [6.45, 7) is 0. The van der Waals surface area contributed by atoms with Crippen molar-refractivity contribution in [2.24, 2.45) is 0 Å². The molecule has 0 bridgehead atoms. The zero-order chi connectivity index (χ0) is 17.6. The standard InChI is InChI=1S/C17H9ClF3N3O/c18-11-3-1-2-9-4-6-13(22-15(9)11)16-23-12-7-5-10(8-14(12)24-16)25-17(19,20)21/h1-8H,(H,23,24). The minimum absolute atomic E-state index is 0.315. The molecule has 0 spiro atoms. The van der Waals surface area contributed by atoms with Crippen molar-refractivity contribution in [3.05, 3.63) is 53.6 Å². The van der Waals surface area contributed by atoms with Gasteiger partial charge < -0.3 is 9.72 Å². The normalized spacial score (nSPS) is 12.0. The van der Waals surface area contributed by atoms with Gasteiger partial charge in [-0.25, -0.2) is 9.97 Å². The van der Waals surface area contributed by atoms with E-state index in [4.69, 9.17) is 11.6 Å². The molecule has 2 heterocycles. The number of halogens is 4. The molecule has 0 atom stereocenters. The van der Waals surface area contributed by atoms with Crippen molar-refractivity contribution in [1.82, 2.24) is 15.0 Å². The maximum Gasteiger partial charge on any atom is 0.573 e. The van der Waals surface area contributed by atoms with Crippen molar-refractivity contribution < 1.29 is 17.9 Å². The van der Waals surface area contributed by atoms with Crippen LogP contribution in [0.2, 0.25) is 5.02 Å². The van der Waals surface area contributed by atoms with Crippen LogP contribution < -0.4 is 4.74 Å². The molecule has 2 aromatic heterocycles. The van der Waals surface area contributed by atoms with Crippen LogP contribution in [0.3, 0.4) is 0 Å². The Bertz CT molecular complexity index is 1090. The lowest BCUT2D eigenvalue weighted by Crippen LogP contribution is -2.16. The van der Waals surface area contributed by atoms with Crippen molar-refractivity contribution in [2.75, 3.05) is 0 Å². The molecule has 0 amide bonds. The second kappa shape index (κ2) is 5.63. The molecule has 0 fully saturated rings. The van der Waals surface area contributed by atoms with E-state index in [2.05, 4.69) is 19.7 Å². The second-order valence-electron chi connectivity index (χ2n) is 5.32. The van der Waals surface area contributed by atoms with E-state index < -0.39 is 6.36 Å². The summed E-state index contributed by atoms with van der Waals surface area (Å²) < 4.78 is 40.9. The molecule has 0 aliphatic carbocycles. The van der Waals surface area contributed by atoms with Crippen LogP contribution in [0, 0.1) is 0 Å². The van der Waals surface area contributed by atoms with Gasteiger partial charge in [0.05, 0.1) is 21.6 Å². The van der Waals surface area contributed by atoms with E-state index in [1.165, 1.54) is 18.2 Å². The minimum Gasteiger partial charge on any atom is -0.406 e. The number of benzene rings is 2. The lowest BCUT2D eigenvalue weighted by Gasteiger charge is -2.07. The fraction of sp³-hybridized carbons (Fsp3) is 0.0588. The molecule has 0 saturated carbocycles. The van der Waals surface area contributed by atoms with Gasteiger partial charge in [0.2, 0.25) is 0 Å². The Labute approximate surface area is 144 Å². The highest BCUT2D eigenvalue weighted by Gasteiger charge is 2.31. The summed E-state index contributed by atoms with van der Waals surface area (Å²) >= 11 is 6.16. The molecule has 126 valence electrons. The summed E-state index contributed by atoms with van der Waals surface area (Å²) in [5, 5.41) is 1.39. The van der Waals surface area contributed by atoms with Crippen LogP contribution in [0.4, 0.5) is 13.2 Å². The number of pyridine rings is 1. The number of aromatic amines is 1. The summed E-state index contributed by atoms with van der Waals surface area (Å²) in [6, 6.07) is 13.0. The first kappa shape index (κ1) is 15.7. The highest BCUT2D eigenvalue weighted by molar-refractivity contribution is 6.35. The van der Waals surface area contributed by atoms with Gasteiger partial charge in [0.1, 0.15) is 11.4 Å². The number of ether oxygens (including phenoxy) is 1. The van der Waals surface area contributed by atoms with Crippen molar-refractivity contribution in [1.29, 1.82) is 0 Å². The van der Waals surface area contributed by atoms with E-state index >= 15 is 0 Å². The zero-order valence-corrected chi connectivity index (χ0v) is 13.2. The topological polar surface area (TPSA) is 50.8 Å². The van der Waals surface area contributed by atoms with Crippen LogP contribution >= 0.6 is 11.6 Å². The number of hydrogen-bond acceptors (Lipinski definition) is 3. The molecular formula is C17H9ClF3N3O. The first-order chi connectivity index (χ1) is 11.9. The molecular weight excluding hydrogens is 355 g/mol. The monoisotopic (exact) mass is 363 g/mol. The van der Waals surface area contributed by atoms with E-state index in [-0.39, 0.29) is 5.75 Å². The summed E-state index contributed by atoms with van der Waals surface area (Å²) in [5.41, 5.74) is 2.08. The predicted molar refractivity (Wildman–Crippen MR) is 88.5 cm³/mol. The van der Waals surface area contributed by atoms with Crippen LogP contribution in [-0.4, -0.2) is 21.3 Å². The van der Waals surface area contributed by atoms with Crippen LogP contribution in [0.1, 0.15) is 0 Å². The quantitative estimate of drug-likeness (QED) is 0.523. The van der Waals surface area contributed by atoms with Gasteiger partial charge in [-0.05, 0) is 24.3 Å². The highest BCUT2D eigenvalue weighted by atomic mass is 35.5. The maximum absolute atomic E-state index is 12.3. The molecule has 8 heteroatoms. The minimum atomic E-state index is -4.74. The van der Waals surface area contributed by atoms with E-state index in [1.807, 2.05) is 18.2 Å². The third kappa shape index (κ3) is 3.10. The fourth-order valence-electron chi connectivity index (χ4n) is 2.55. The first-order valence-electron chi connectivity index (χ1n) is 7.20. The van der Waals surface area contributed by atoms with Crippen LogP contribution in [0.5, 0.6) is 5.75 Å². The summed E-state index contributed by atoms with van der Waals surface area (Å²) in [4.78, 5) is 11.8. The summed E-state index contributed by atoms with van der Waals surface area (Å²) in [7, 11) is 0. The largest absolute Gasteiger partial charge is 0.573 e. The lowest BCUT2D eigenvalue weighted by atomic mass is 10.2. The number of fused-ring (bicyclic) bond motifs is 2. The molecule has 0 saturated heterocycles. The fourth-order valence-corrected chi connectivity index (χ4v) is 2.77. The van der Waals surface area contributed by atoms with E-state index in [0.29, 0.717) is 33.1 Å². The van der Waals surface area contributed by atoms with Crippen molar-refractivity contribution in [3.8, 4) is 17.3 Å². The number of imidazole rings is 1. The lowest BCUT2D eigenvalue weighted by molar-refractivity contribution is -0.274. The smallest absolute Gasteiger partial charge is 0.406 e. The van der Waals surface area contributed by atoms with Gasteiger partial charge in [-0.1, -0.05) is 29.8 Å². The van der Waals surface area contributed by atoms with E-state index in [1.54, 1.807) is 12.1 Å². The second-order valence-corrected chi connectivity index (χ2v) is 5.73. The Morgan fingerprint density at radius 2 is 1.84 bits per heavy atom. The van der Waals surface area contributed by atoms with Gasteiger partial charge in [0, 0.05) is 11.5 Å². The van der Waals surface area contributed by atoms with Gasteiger partial charge in [0.15, 0.2) is 5.82 Å². The van der Waals surface area contributed by atoms with Crippen molar-refractivity contribution >= 4 is 33.5 Å². The Balaban J connectivity index is 1.78. The third-order valence-electron chi connectivity index (χ3n) is 3.60. The molecule has 4 aromatic rings. The molecule has 4 rings (SSSR count). The maximum atomic E-state index is 12.3. The SMILES string of the molecule is FC(F)(F)Oc1ccc2nc(-c3ccc4cccc(Cl)c4n3)[nH]c2c1. The molecule has 0 radical (unpaired) electrons. The number of para-hydroxylation sites is 1. The Morgan fingerprint density at radius 1 is 1.00 bits per heavy atom. The number of hydrogen-bond donors (Lipinski definition) is 1. The average molecular weight is 364 g/mol. The predicted octanol–water partition coefficient (Wildman–Crippen LogP) is 5.33. The Morgan fingerprint density at radius 3 is 2.64 bits per heavy atom. The summed E-state index contributed by atoms with van der Waals surface area (Å²) in [5.74, 6) is 0.116. The van der Waals surface area contributed by atoms with Gasteiger partial charge in [0.25, 0.3) is 0 Å². The number of nitrogens with one attached hydrogen (secondary N) is 1. The van der Waals surface area contributed by atoms with Gasteiger partial charge >= 0.3 is 6.36 Å². The molecule has 2 aromatic carbocycles. The van der Waals surface area contributed by atoms with Crippen molar-refractivity contribution in [3.63, 3.8) is 0 Å². The molecule has 0 unspecified atom stereocenters. The van der Waals surface area contributed by atoms with Crippen molar-refractivity contribution in [2.45, 2.75) is 6.36 Å². The number of H-pyrrole nitrogens is 1. The molecule has 1 N–H and O–H groups in total. The van der Waals surface area contributed by atoms with Crippen LogP contribution in [0.25, 0.3) is 33.5 Å². The number of alkyl halides is 3. The number of nitrogens with zero attached hydrogens (tertiary/aromatic N) is 2. The van der Waals surface area contributed by atoms with Crippen LogP contribution in [-0.2, 0) is 0 Å². The molecule has 25 heavy (non-hydrogen) atoms. The number of aromatic nitrogens is 3. The van der Waals surface area contributed by atoms with E-state index in [9.17, 15) is 13.2 Å². The zero-order valence-electron chi connectivity index (χ0n) is 12.4. The molecule has 4 nitrogen and oxygen atoms in total. The third-order valence-corrected chi connectivity index (χ3v) is 3.91. The van der Waals surface area contributed by atoms with E-state index in [0.717, 1.165) is 5.39 Å². The Kier molecular flexibility index (Phi) is 3.54. The molecule has 0 aliphatic rings.